The van der Waals surface area contributed by atoms with Crippen molar-refractivity contribution in [3.8, 4) is 0 Å². The summed E-state index contributed by atoms with van der Waals surface area (Å²) in [7, 11) is 0. The molecule has 0 radical (unpaired) electrons. The quantitative estimate of drug-likeness (QED) is 0.769. The number of nitrogens with one attached hydrogen (secondary N) is 3. The second-order valence-corrected chi connectivity index (χ2v) is 4.90. The van der Waals surface area contributed by atoms with Crippen LogP contribution in [0.4, 0.5) is 5.69 Å². The number of carbonyl (C=O) groups is 1. The Labute approximate surface area is 112 Å². The van der Waals surface area contributed by atoms with E-state index in [2.05, 4.69) is 15.6 Å². The lowest BCUT2D eigenvalue weighted by Crippen LogP contribution is -2.25. The highest BCUT2D eigenvalue weighted by molar-refractivity contribution is 5.95. The maximum Gasteiger partial charge on any atom is 0.251 e. The maximum atomic E-state index is 11.9. The predicted molar refractivity (Wildman–Crippen MR) is 75.0 cm³/mol. The van der Waals surface area contributed by atoms with Crippen molar-refractivity contribution in [1.82, 2.24) is 10.3 Å². The van der Waals surface area contributed by atoms with Crippen molar-refractivity contribution in [2.45, 2.75) is 25.4 Å². The van der Waals surface area contributed by atoms with Crippen molar-refractivity contribution in [2.75, 3.05) is 5.32 Å². The summed E-state index contributed by atoms with van der Waals surface area (Å²) >= 11 is 0. The average molecular weight is 255 g/mol. The fraction of sp³-hybridized carbons (Fsp3) is 0.267. The molecular weight excluding hydrogens is 238 g/mol. The molecule has 98 valence electrons. The summed E-state index contributed by atoms with van der Waals surface area (Å²) in [5.74, 6) is 0.0211. The minimum Gasteiger partial charge on any atom is -0.381 e. The highest BCUT2D eigenvalue weighted by atomic mass is 16.1. The summed E-state index contributed by atoms with van der Waals surface area (Å²) in [6.07, 6.45) is 6.07. The Bertz CT molecular complexity index is 559. The molecule has 4 heteroatoms. The van der Waals surface area contributed by atoms with E-state index in [4.69, 9.17) is 0 Å². The Hall–Kier alpha value is -2.23. The third-order valence-corrected chi connectivity index (χ3v) is 3.20. The van der Waals surface area contributed by atoms with E-state index >= 15 is 0 Å². The number of hydrogen-bond donors (Lipinski definition) is 3. The molecule has 0 aliphatic heterocycles. The molecule has 4 nitrogen and oxygen atoms in total. The zero-order valence-corrected chi connectivity index (χ0v) is 10.6. The summed E-state index contributed by atoms with van der Waals surface area (Å²) < 4.78 is 0. The first-order valence-electron chi connectivity index (χ1n) is 6.58. The molecule has 0 unspecified atom stereocenters. The zero-order valence-electron chi connectivity index (χ0n) is 10.6. The van der Waals surface area contributed by atoms with Crippen LogP contribution in [0.15, 0.2) is 42.7 Å². The second-order valence-electron chi connectivity index (χ2n) is 4.90. The van der Waals surface area contributed by atoms with Crippen LogP contribution in [0.1, 0.15) is 28.8 Å². The van der Waals surface area contributed by atoms with Crippen LogP contribution >= 0.6 is 0 Å². The van der Waals surface area contributed by atoms with Gasteiger partial charge in [0, 0.05) is 36.2 Å². The monoisotopic (exact) mass is 255 g/mol. The van der Waals surface area contributed by atoms with Crippen LogP contribution in [0.5, 0.6) is 0 Å². The van der Waals surface area contributed by atoms with E-state index in [1.165, 1.54) is 5.56 Å². The number of amides is 1. The molecule has 1 heterocycles. The number of hydrogen-bond acceptors (Lipinski definition) is 2. The summed E-state index contributed by atoms with van der Waals surface area (Å²) in [4.78, 5) is 15.0. The van der Waals surface area contributed by atoms with Crippen molar-refractivity contribution >= 4 is 11.6 Å². The van der Waals surface area contributed by atoms with Gasteiger partial charge in [-0.05, 0) is 42.7 Å². The fourth-order valence-electron chi connectivity index (χ4n) is 1.94. The largest absolute Gasteiger partial charge is 0.381 e. The first-order chi connectivity index (χ1) is 9.31. The Kier molecular flexibility index (Phi) is 3.23. The minimum absolute atomic E-state index is 0.0211. The molecule has 3 N–H and O–H groups in total. The van der Waals surface area contributed by atoms with Gasteiger partial charge in [0.2, 0.25) is 0 Å². The highest BCUT2D eigenvalue weighted by Gasteiger charge is 2.23. The molecule has 0 bridgehead atoms. The third kappa shape index (κ3) is 3.16. The van der Waals surface area contributed by atoms with Gasteiger partial charge in [-0.3, -0.25) is 4.79 Å². The number of anilines is 1. The third-order valence-electron chi connectivity index (χ3n) is 3.20. The molecule has 1 aromatic carbocycles. The number of rotatable bonds is 5. The van der Waals surface area contributed by atoms with E-state index < -0.39 is 0 Å². The topological polar surface area (TPSA) is 56.9 Å². The van der Waals surface area contributed by atoms with Gasteiger partial charge in [-0.1, -0.05) is 6.07 Å². The molecule has 19 heavy (non-hydrogen) atoms. The summed E-state index contributed by atoms with van der Waals surface area (Å²) in [6, 6.07) is 10.0. The average Bonchev–Trinajstić information content (AvgIpc) is 3.09. The Balaban J connectivity index is 1.63. The molecule has 0 saturated heterocycles. The first kappa shape index (κ1) is 11.8. The van der Waals surface area contributed by atoms with Crippen LogP contribution in [0.3, 0.4) is 0 Å². The molecule has 1 amide bonds. The maximum absolute atomic E-state index is 11.9. The smallest absolute Gasteiger partial charge is 0.251 e. The van der Waals surface area contributed by atoms with Crippen LogP contribution < -0.4 is 10.6 Å². The van der Waals surface area contributed by atoms with E-state index in [0.29, 0.717) is 11.6 Å². The number of carbonyl (C=O) groups excluding carboxylic acids is 1. The number of aromatic nitrogens is 1. The fourth-order valence-corrected chi connectivity index (χ4v) is 1.94. The van der Waals surface area contributed by atoms with Crippen LogP contribution in [-0.4, -0.2) is 16.9 Å². The summed E-state index contributed by atoms with van der Waals surface area (Å²) in [5, 5.41) is 6.31. The van der Waals surface area contributed by atoms with Gasteiger partial charge in [0.15, 0.2) is 0 Å². The van der Waals surface area contributed by atoms with Crippen molar-refractivity contribution in [3.05, 3.63) is 53.9 Å². The van der Waals surface area contributed by atoms with Gasteiger partial charge < -0.3 is 15.6 Å². The van der Waals surface area contributed by atoms with E-state index in [1.54, 1.807) is 0 Å². The lowest BCUT2D eigenvalue weighted by molar-refractivity contribution is 0.0951. The molecule has 1 saturated carbocycles. The van der Waals surface area contributed by atoms with Gasteiger partial charge in [0.25, 0.3) is 5.91 Å². The predicted octanol–water partition coefficient (Wildman–Crippen LogP) is 2.52. The van der Waals surface area contributed by atoms with E-state index in [9.17, 15) is 4.79 Å². The van der Waals surface area contributed by atoms with Crippen molar-refractivity contribution in [1.29, 1.82) is 0 Å². The van der Waals surface area contributed by atoms with Crippen LogP contribution in [0.25, 0.3) is 0 Å². The van der Waals surface area contributed by atoms with Crippen molar-refractivity contribution in [2.24, 2.45) is 0 Å². The zero-order chi connectivity index (χ0) is 13.1. The van der Waals surface area contributed by atoms with Gasteiger partial charge in [0.1, 0.15) is 0 Å². The van der Waals surface area contributed by atoms with Crippen molar-refractivity contribution < 1.29 is 4.79 Å². The Morgan fingerprint density at radius 3 is 2.95 bits per heavy atom. The minimum atomic E-state index is 0.0211. The van der Waals surface area contributed by atoms with E-state index in [-0.39, 0.29) is 5.91 Å². The Morgan fingerprint density at radius 2 is 2.21 bits per heavy atom. The van der Waals surface area contributed by atoms with Crippen molar-refractivity contribution in [3.63, 3.8) is 0 Å². The normalized spacial score (nSPS) is 14.1. The molecule has 2 aromatic rings. The van der Waals surface area contributed by atoms with Gasteiger partial charge >= 0.3 is 0 Å². The number of H-pyrrole nitrogens is 1. The van der Waals surface area contributed by atoms with E-state index in [0.717, 1.165) is 25.1 Å². The molecule has 0 atom stereocenters. The molecule has 1 aliphatic rings. The van der Waals surface area contributed by atoms with Gasteiger partial charge in [-0.25, -0.2) is 0 Å². The molecular formula is C15H17N3O. The second kappa shape index (κ2) is 5.18. The Morgan fingerprint density at radius 1 is 1.32 bits per heavy atom. The lowest BCUT2D eigenvalue weighted by Gasteiger charge is -2.08. The molecule has 1 aromatic heterocycles. The van der Waals surface area contributed by atoms with Gasteiger partial charge in [-0.15, -0.1) is 0 Å². The molecule has 0 spiro atoms. The number of benzene rings is 1. The van der Waals surface area contributed by atoms with E-state index in [1.807, 2.05) is 42.7 Å². The van der Waals surface area contributed by atoms with Gasteiger partial charge in [0.05, 0.1) is 0 Å². The highest BCUT2D eigenvalue weighted by Crippen LogP contribution is 2.20. The summed E-state index contributed by atoms with van der Waals surface area (Å²) in [6.45, 7) is 0.747. The molecule has 3 rings (SSSR count). The molecule has 1 fully saturated rings. The van der Waals surface area contributed by atoms with Crippen LogP contribution in [-0.2, 0) is 6.54 Å². The molecule has 1 aliphatic carbocycles. The lowest BCUT2D eigenvalue weighted by atomic mass is 10.2. The van der Waals surface area contributed by atoms with Gasteiger partial charge in [-0.2, -0.15) is 0 Å². The number of aromatic amines is 1. The van der Waals surface area contributed by atoms with Crippen LogP contribution in [0, 0.1) is 0 Å². The van der Waals surface area contributed by atoms with Crippen LogP contribution in [0.2, 0.25) is 0 Å². The standard InChI is InChI=1S/C15H17N3O/c19-15(18-13-4-5-13)12-2-1-3-14(8-12)17-10-11-6-7-16-9-11/h1-3,6-9,13,16-17H,4-5,10H2,(H,18,19). The SMILES string of the molecule is O=C(NC1CC1)c1cccc(NCc2cc[nH]c2)c1. The summed E-state index contributed by atoms with van der Waals surface area (Å²) in [5.41, 5.74) is 2.86. The first-order valence-corrected chi connectivity index (χ1v) is 6.58.